The maximum absolute atomic E-state index is 12.7. The molecular formula is C21H26N2O4S. The van der Waals surface area contributed by atoms with E-state index in [0.717, 1.165) is 17.0 Å². The lowest BCUT2D eigenvalue weighted by Crippen LogP contribution is -2.35. The zero-order valence-electron chi connectivity index (χ0n) is 16.7. The molecule has 0 bridgehead atoms. The van der Waals surface area contributed by atoms with E-state index in [1.165, 1.54) is 12.0 Å². The number of carbonyl (C=O) groups excluding carboxylic acids is 2. The number of para-hydroxylation sites is 1. The van der Waals surface area contributed by atoms with E-state index in [1.807, 2.05) is 37.4 Å². The first-order valence-electron chi connectivity index (χ1n) is 8.99. The summed E-state index contributed by atoms with van der Waals surface area (Å²) in [6.45, 7) is 2.53. The van der Waals surface area contributed by atoms with Crippen LogP contribution in [0.1, 0.15) is 23.7 Å². The van der Waals surface area contributed by atoms with E-state index in [0.29, 0.717) is 23.7 Å². The van der Waals surface area contributed by atoms with E-state index in [2.05, 4.69) is 5.32 Å². The number of rotatable bonds is 9. The van der Waals surface area contributed by atoms with Crippen molar-refractivity contribution in [2.24, 2.45) is 0 Å². The fraction of sp³-hybridized carbons (Fsp3) is 0.333. The van der Waals surface area contributed by atoms with E-state index in [9.17, 15) is 9.59 Å². The number of carbonyl (C=O) groups is 2. The largest absolute Gasteiger partial charge is 0.493 e. The predicted octanol–water partition coefficient (Wildman–Crippen LogP) is 3.92. The Hall–Kier alpha value is -2.67. The molecule has 2 aromatic rings. The van der Waals surface area contributed by atoms with E-state index in [-0.39, 0.29) is 18.4 Å². The summed E-state index contributed by atoms with van der Waals surface area (Å²) in [5, 5.41) is 2.86. The monoisotopic (exact) mass is 402 g/mol. The molecular weight excluding hydrogens is 376 g/mol. The Morgan fingerprint density at radius 3 is 2.57 bits per heavy atom. The molecule has 0 heterocycles. The van der Waals surface area contributed by atoms with Crippen molar-refractivity contribution in [2.75, 3.05) is 38.9 Å². The highest BCUT2D eigenvalue weighted by molar-refractivity contribution is 7.98. The van der Waals surface area contributed by atoms with Gasteiger partial charge in [0.15, 0.2) is 11.5 Å². The number of benzene rings is 2. The van der Waals surface area contributed by atoms with Crippen molar-refractivity contribution in [3.63, 3.8) is 0 Å². The number of amides is 2. The van der Waals surface area contributed by atoms with Gasteiger partial charge in [-0.1, -0.05) is 19.1 Å². The van der Waals surface area contributed by atoms with Crippen LogP contribution >= 0.6 is 11.8 Å². The van der Waals surface area contributed by atoms with Crippen LogP contribution in [0, 0.1) is 0 Å². The number of nitrogens with one attached hydrogen (secondary N) is 1. The standard InChI is InChI=1S/C21H26N2O4S/c1-5-12-27-17-11-10-15(13-18(17)26-3)21(25)23(2)14-20(24)22-16-8-6-7-9-19(16)28-4/h6-11,13H,5,12,14H2,1-4H3,(H,22,24). The van der Waals surface area contributed by atoms with Gasteiger partial charge in [0, 0.05) is 17.5 Å². The summed E-state index contributed by atoms with van der Waals surface area (Å²) in [6, 6.07) is 12.6. The Morgan fingerprint density at radius 2 is 1.89 bits per heavy atom. The number of ether oxygens (including phenoxy) is 2. The first-order valence-corrected chi connectivity index (χ1v) is 10.2. The molecule has 0 fully saturated rings. The van der Waals surface area contributed by atoms with Gasteiger partial charge in [-0.15, -0.1) is 11.8 Å². The Kier molecular flexibility index (Phi) is 8.19. The van der Waals surface area contributed by atoms with Gasteiger partial charge >= 0.3 is 0 Å². The molecule has 2 amide bonds. The first kappa shape index (κ1) is 21.6. The molecule has 0 saturated carbocycles. The molecule has 0 aliphatic heterocycles. The van der Waals surface area contributed by atoms with Crippen LogP contribution in [0.4, 0.5) is 5.69 Å². The van der Waals surface area contributed by atoms with Crippen LogP contribution in [0.15, 0.2) is 47.4 Å². The highest BCUT2D eigenvalue weighted by Gasteiger charge is 2.18. The fourth-order valence-corrected chi connectivity index (χ4v) is 3.13. The molecule has 6 nitrogen and oxygen atoms in total. The smallest absolute Gasteiger partial charge is 0.254 e. The molecule has 1 N–H and O–H groups in total. The number of nitrogens with zero attached hydrogens (tertiary/aromatic N) is 1. The fourth-order valence-electron chi connectivity index (χ4n) is 2.58. The summed E-state index contributed by atoms with van der Waals surface area (Å²) in [5.41, 5.74) is 1.17. The molecule has 0 aromatic heterocycles. The van der Waals surface area contributed by atoms with E-state index >= 15 is 0 Å². The molecule has 0 radical (unpaired) electrons. The number of thioether (sulfide) groups is 1. The Balaban J connectivity index is 2.04. The van der Waals surface area contributed by atoms with Gasteiger partial charge in [-0.05, 0) is 43.0 Å². The van der Waals surface area contributed by atoms with Crippen LogP contribution in [-0.2, 0) is 4.79 Å². The van der Waals surface area contributed by atoms with Crippen LogP contribution < -0.4 is 14.8 Å². The number of hydrogen-bond acceptors (Lipinski definition) is 5. The van der Waals surface area contributed by atoms with Crippen molar-refractivity contribution in [1.82, 2.24) is 4.90 Å². The number of hydrogen-bond donors (Lipinski definition) is 1. The third-order valence-electron chi connectivity index (χ3n) is 3.98. The molecule has 28 heavy (non-hydrogen) atoms. The van der Waals surface area contributed by atoms with Crippen molar-refractivity contribution < 1.29 is 19.1 Å². The summed E-state index contributed by atoms with van der Waals surface area (Å²) in [4.78, 5) is 27.4. The van der Waals surface area contributed by atoms with Gasteiger partial charge in [0.05, 0.1) is 25.9 Å². The number of methoxy groups -OCH3 is 1. The summed E-state index contributed by atoms with van der Waals surface area (Å²) < 4.78 is 10.9. The average molecular weight is 403 g/mol. The zero-order chi connectivity index (χ0) is 20.5. The molecule has 2 aromatic carbocycles. The average Bonchev–Trinajstić information content (AvgIpc) is 2.71. The second-order valence-electron chi connectivity index (χ2n) is 6.12. The minimum Gasteiger partial charge on any atom is -0.493 e. The molecule has 0 aliphatic carbocycles. The predicted molar refractivity (Wildman–Crippen MR) is 113 cm³/mol. The van der Waals surface area contributed by atoms with Gasteiger partial charge in [-0.3, -0.25) is 9.59 Å². The Bertz CT molecular complexity index is 826. The lowest BCUT2D eigenvalue weighted by atomic mass is 10.1. The Labute approximate surface area is 170 Å². The normalized spacial score (nSPS) is 10.3. The molecule has 150 valence electrons. The second-order valence-corrected chi connectivity index (χ2v) is 6.97. The van der Waals surface area contributed by atoms with Crippen LogP contribution in [0.5, 0.6) is 11.5 Å². The van der Waals surface area contributed by atoms with Gasteiger partial charge in [-0.25, -0.2) is 0 Å². The molecule has 0 atom stereocenters. The van der Waals surface area contributed by atoms with Crippen LogP contribution in [-0.4, -0.2) is 50.3 Å². The number of anilines is 1. The van der Waals surface area contributed by atoms with Gasteiger partial charge in [0.1, 0.15) is 0 Å². The van der Waals surface area contributed by atoms with Gasteiger partial charge in [0.2, 0.25) is 5.91 Å². The second kappa shape index (κ2) is 10.6. The summed E-state index contributed by atoms with van der Waals surface area (Å²) in [7, 11) is 3.12. The minimum absolute atomic E-state index is 0.0576. The van der Waals surface area contributed by atoms with Crippen molar-refractivity contribution in [3.8, 4) is 11.5 Å². The zero-order valence-corrected chi connectivity index (χ0v) is 17.5. The summed E-state index contributed by atoms with van der Waals surface area (Å²) >= 11 is 1.55. The lowest BCUT2D eigenvalue weighted by Gasteiger charge is -2.18. The third kappa shape index (κ3) is 5.66. The summed E-state index contributed by atoms with van der Waals surface area (Å²) in [5.74, 6) is 0.557. The molecule has 0 unspecified atom stereocenters. The van der Waals surface area contributed by atoms with E-state index < -0.39 is 0 Å². The SMILES string of the molecule is CCCOc1ccc(C(=O)N(C)CC(=O)Nc2ccccc2SC)cc1OC. The van der Waals surface area contributed by atoms with Gasteiger partial charge in [0.25, 0.3) is 5.91 Å². The van der Waals surface area contributed by atoms with Crippen molar-refractivity contribution in [3.05, 3.63) is 48.0 Å². The Morgan fingerprint density at radius 1 is 1.14 bits per heavy atom. The quantitative estimate of drug-likeness (QED) is 0.644. The molecule has 0 saturated heterocycles. The van der Waals surface area contributed by atoms with E-state index in [4.69, 9.17) is 9.47 Å². The molecule has 2 rings (SSSR count). The molecule has 0 aliphatic rings. The maximum atomic E-state index is 12.7. The van der Waals surface area contributed by atoms with Gasteiger partial charge < -0.3 is 19.7 Å². The van der Waals surface area contributed by atoms with Gasteiger partial charge in [-0.2, -0.15) is 0 Å². The minimum atomic E-state index is -0.270. The highest BCUT2D eigenvalue weighted by Crippen LogP contribution is 2.29. The van der Waals surface area contributed by atoms with Crippen molar-refractivity contribution in [1.29, 1.82) is 0 Å². The van der Waals surface area contributed by atoms with Crippen molar-refractivity contribution >= 4 is 29.3 Å². The highest BCUT2D eigenvalue weighted by atomic mass is 32.2. The topological polar surface area (TPSA) is 67.9 Å². The molecule has 7 heteroatoms. The first-order chi connectivity index (χ1) is 13.5. The third-order valence-corrected chi connectivity index (χ3v) is 4.78. The number of likely N-dealkylation sites (N-methyl/N-ethyl adjacent to an activating group) is 1. The van der Waals surface area contributed by atoms with Crippen LogP contribution in [0.25, 0.3) is 0 Å². The lowest BCUT2D eigenvalue weighted by molar-refractivity contribution is -0.116. The summed E-state index contributed by atoms with van der Waals surface area (Å²) in [6.07, 6.45) is 2.82. The van der Waals surface area contributed by atoms with Crippen LogP contribution in [0.3, 0.4) is 0 Å². The van der Waals surface area contributed by atoms with Crippen molar-refractivity contribution in [2.45, 2.75) is 18.2 Å². The molecule has 0 spiro atoms. The van der Waals surface area contributed by atoms with Crippen LogP contribution in [0.2, 0.25) is 0 Å². The maximum Gasteiger partial charge on any atom is 0.254 e. The van der Waals surface area contributed by atoms with E-state index in [1.54, 1.807) is 37.0 Å².